The molecule has 0 aliphatic heterocycles. The van der Waals surface area contributed by atoms with Gasteiger partial charge in [0.05, 0.1) is 36.1 Å². The second-order valence-corrected chi connectivity index (χ2v) is 5.17. The zero-order valence-corrected chi connectivity index (χ0v) is 12.9. The third-order valence-electron chi connectivity index (χ3n) is 3.32. The van der Waals surface area contributed by atoms with Crippen LogP contribution in [0.2, 0.25) is 0 Å². The summed E-state index contributed by atoms with van der Waals surface area (Å²) in [5.74, 6) is -1.85. The molecule has 0 unspecified atom stereocenters. The summed E-state index contributed by atoms with van der Waals surface area (Å²) in [4.78, 5) is 33.3. The number of nitrogens with one attached hydrogen (secondary N) is 1. The van der Waals surface area contributed by atoms with E-state index in [0.717, 1.165) is 6.42 Å². The van der Waals surface area contributed by atoms with E-state index < -0.39 is 22.8 Å². The molecular formula is C14H21N4O5+. The van der Waals surface area contributed by atoms with Crippen LogP contribution in [0.3, 0.4) is 0 Å². The van der Waals surface area contributed by atoms with Crippen LogP contribution in [0.1, 0.15) is 18.4 Å². The van der Waals surface area contributed by atoms with E-state index in [0.29, 0.717) is 24.3 Å². The SMILES string of the molecule is Cc1ccc([N+](=O)[O-])cc1NC(=O)C[C@@H]([NH2+]CCC[NH3+])C(=O)[O-]. The largest absolute Gasteiger partial charge is 0.544 e. The summed E-state index contributed by atoms with van der Waals surface area (Å²) >= 11 is 0. The minimum Gasteiger partial charge on any atom is -0.544 e. The zero-order chi connectivity index (χ0) is 17.4. The highest BCUT2D eigenvalue weighted by atomic mass is 16.6. The molecule has 1 atom stereocenters. The monoisotopic (exact) mass is 325 g/mol. The van der Waals surface area contributed by atoms with Gasteiger partial charge in [0.15, 0.2) is 0 Å². The number of benzene rings is 1. The molecule has 1 rings (SSSR count). The first kappa shape index (κ1) is 18.5. The molecular weight excluding hydrogens is 304 g/mol. The molecule has 0 bridgehead atoms. The highest BCUT2D eigenvalue weighted by molar-refractivity contribution is 5.94. The van der Waals surface area contributed by atoms with Crippen LogP contribution in [0.15, 0.2) is 18.2 Å². The molecule has 0 aliphatic rings. The van der Waals surface area contributed by atoms with Gasteiger partial charge in [-0.1, -0.05) is 6.07 Å². The van der Waals surface area contributed by atoms with Crippen LogP contribution in [0, 0.1) is 17.0 Å². The zero-order valence-electron chi connectivity index (χ0n) is 12.9. The predicted molar refractivity (Wildman–Crippen MR) is 79.0 cm³/mol. The van der Waals surface area contributed by atoms with E-state index >= 15 is 0 Å². The van der Waals surface area contributed by atoms with Gasteiger partial charge in [-0.15, -0.1) is 0 Å². The predicted octanol–water partition coefficient (Wildman–Crippen LogP) is -2.45. The van der Waals surface area contributed by atoms with Crippen LogP contribution in [-0.2, 0) is 9.59 Å². The highest BCUT2D eigenvalue weighted by Crippen LogP contribution is 2.21. The Morgan fingerprint density at radius 1 is 1.43 bits per heavy atom. The number of anilines is 1. The Morgan fingerprint density at radius 3 is 2.70 bits per heavy atom. The van der Waals surface area contributed by atoms with Gasteiger partial charge in [-0.25, -0.2) is 0 Å². The number of carbonyl (C=O) groups excluding carboxylic acids is 2. The van der Waals surface area contributed by atoms with E-state index in [4.69, 9.17) is 0 Å². The topological polar surface area (TPSA) is 157 Å². The molecule has 0 spiro atoms. The maximum atomic E-state index is 12.0. The lowest BCUT2D eigenvalue weighted by atomic mass is 10.1. The van der Waals surface area contributed by atoms with Crippen LogP contribution < -0.4 is 21.5 Å². The molecule has 6 N–H and O–H groups in total. The van der Waals surface area contributed by atoms with Gasteiger partial charge in [-0.2, -0.15) is 0 Å². The first-order valence-corrected chi connectivity index (χ1v) is 7.23. The Hall–Kier alpha value is -2.52. The Bertz CT molecular complexity index is 591. The number of quaternary nitrogens is 2. The highest BCUT2D eigenvalue weighted by Gasteiger charge is 2.19. The van der Waals surface area contributed by atoms with Crippen LogP contribution in [-0.4, -0.2) is 35.9 Å². The molecule has 1 amide bonds. The lowest BCUT2D eigenvalue weighted by Gasteiger charge is -2.16. The number of aliphatic carboxylic acids is 1. The van der Waals surface area contributed by atoms with Crippen molar-refractivity contribution in [2.45, 2.75) is 25.8 Å². The van der Waals surface area contributed by atoms with Gasteiger partial charge < -0.3 is 26.3 Å². The molecule has 0 saturated heterocycles. The van der Waals surface area contributed by atoms with Gasteiger partial charge in [0, 0.05) is 18.6 Å². The van der Waals surface area contributed by atoms with Crippen molar-refractivity contribution in [2.75, 3.05) is 18.4 Å². The van der Waals surface area contributed by atoms with E-state index in [2.05, 4.69) is 11.1 Å². The van der Waals surface area contributed by atoms with Crippen molar-refractivity contribution in [3.8, 4) is 0 Å². The normalized spacial score (nSPS) is 11.7. The summed E-state index contributed by atoms with van der Waals surface area (Å²) < 4.78 is 0. The number of nitrogens with zero attached hydrogens (tertiary/aromatic N) is 1. The van der Waals surface area contributed by atoms with Crippen molar-refractivity contribution in [1.29, 1.82) is 0 Å². The molecule has 1 aromatic rings. The van der Waals surface area contributed by atoms with Crippen molar-refractivity contribution in [2.24, 2.45) is 0 Å². The first-order chi connectivity index (χ1) is 10.8. The fourth-order valence-corrected chi connectivity index (χ4v) is 1.99. The van der Waals surface area contributed by atoms with E-state index in [1.165, 1.54) is 23.5 Å². The maximum Gasteiger partial charge on any atom is 0.271 e. The van der Waals surface area contributed by atoms with E-state index in [1.807, 2.05) is 0 Å². The number of amides is 1. The molecule has 0 saturated carbocycles. The summed E-state index contributed by atoms with van der Waals surface area (Å²) in [5, 5.41) is 25.9. The lowest BCUT2D eigenvalue weighted by Crippen LogP contribution is -2.93. The second-order valence-electron chi connectivity index (χ2n) is 5.17. The number of carbonyl (C=O) groups is 2. The summed E-state index contributed by atoms with van der Waals surface area (Å²) in [5.41, 5.74) is 4.45. The van der Waals surface area contributed by atoms with Crippen molar-refractivity contribution >= 4 is 23.3 Å². The number of nitro benzene ring substituents is 1. The fourth-order valence-electron chi connectivity index (χ4n) is 1.99. The number of non-ortho nitro benzene ring substituents is 1. The molecule has 9 heteroatoms. The molecule has 0 heterocycles. The van der Waals surface area contributed by atoms with E-state index in [9.17, 15) is 24.8 Å². The number of nitrogens with two attached hydrogens (primary N) is 1. The molecule has 23 heavy (non-hydrogen) atoms. The third-order valence-corrected chi connectivity index (χ3v) is 3.32. The summed E-state index contributed by atoms with van der Waals surface area (Å²) in [6, 6.07) is 3.10. The average molecular weight is 325 g/mol. The fraction of sp³-hybridized carbons (Fsp3) is 0.429. The Morgan fingerprint density at radius 2 is 2.13 bits per heavy atom. The number of nitro groups is 1. The van der Waals surface area contributed by atoms with Gasteiger partial charge in [0.25, 0.3) is 5.69 Å². The van der Waals surface area contributed by atoms with Crippen molar-refractivity contribution in [3.63, 3.8) is 0 Å². The molecule has 1 aromatic carbocycles. The van der Waals surface area contributed by atoms with Crippen LogP contribution in [0.5, 0.6) is 0 Å². The van der Waals surface area contributed by atoms with Crippen LogP contribution >= 0.6 is 0 Å². The molecule has 126 valence electrons. The molecule has 0 aliphatic carbocycles. The van der Waals surface area contributed by atoms with Crippen LogP contribution in [0.25, 0.3) is 0 Å². The van der Waals surface area contributed by atoms with Crippen molar-refractivity contribution in [1.82, 2.24) is 0 Å². The second kappa shape index (κ2) is 8.81. The van der Waals surface area contributed by atoms with Gasteiger partial charge in [-0.05, 0) is 12.5 Å². The average Bonchev–Trinajstić information content (AvgIpc) is 2.48. The Balaban J connectivity index is 2.72. The van der Waals surface area contributed by atoms with Crippen molar-refractivity contribution < 1.29 is 30.7 Å². The minimum absolute atomic E-state index is 0.149. The van der Waals surface area contributed by atoms with Gasteiger partial charge in [-0.3, -0.25) is 14.9 Å². The lowest BCUT2D eigenvalue weighted by molar-refractivity contribution is -0.684. The first-order valence-electron chi connectivity index (χ1n) is 7.23. The van der Waals surface area contributed by atoms with Crippen LogP contribution in [0.4, 0.5) is 11.4 Å². The smallest absolute Gasteiger partial charge is 0.271 e. The number of rotatable bonds is 9. The standard InChI is InChI=1S/C14H20N4O5/c1-9-3-4-10(18(22)23)7-11(9)17-13(19)8-12(14(20)21)16-6-2-5-15/h3-4,7,12,16H,2,5-6,8,15H2,1H3,(H,17,19)(H,20,21)/p+1/t12-/m1/s1. The van der Waals surface area contributed by atoms with Gasteiger partial charge in [0.1, 0.15) is 6.04 Å². The Labute approximate surface area is 133 Å². The summed E-state index contributed by atoms with van der Waals surface area (Å²) in [6.45, 7) is 2.90. The van der Waals surface area contributed by atoms with E-state index in [1.54, 1.807) is 6.92 Å². The minimum atomic E-state index is -1.32. The van der Waals surface area contributed by atoms with E-state index in [-0.39, 0.29) is 12.1 Å². The Kier molecular flexibility index (Phi) is 7.10. The number of hydrogen-bond acceptors (Lipinski definition) is 5. The number of carboxylic acids is 1. The number of aryl methyl sites for hydroxylation is 1. The van der Waals surface area contributed by atoms with Gasteiger partial charge in [0.2, 0.25) is 5.91 Å². The molecule has 0 aromatic heterocycles. The molecule has 9 nitrogen and oxygen atoms in total. The number of carboxylic acid groups (broad SMARTS) is 1. The van der Waals surface area contributed by atoms with Gasteiger partial charge >= 0.3 is 0 Å². The molecule has 0 fully saturated rings. The van der Waals surface area contributed by atoms with Crippen molar-refractivity contribution in [3.05, 3.63) is 33.9 Å². The maximum absolute atomic E-state index is 12.0. The molecule has 0 radical (unpaired) electrons. The third kappa shape index (κ3) is 6.01. The summed E-state index contributed by atoms with van der Waals surface area (Å²) in [7, 11) is 0. The number of hydrogen-bond donors (Lipinski definition) is 3. The quantitative estimate of drug-likeness (QED) is 0.261. The summed E-state index contributed by atoms with van der Waals surface area (Å²) in [6.07, 6.45) is 0.455.